The molecule has 0 spiro atoms. The molecule has 0 radical (unpaired) electrons. The van der Waals surface area contributed by atoms with Gasteiger partial charge in [-0.3, -0.25) is 14.4 Å². The smallest absolute Gasteiger partial charge is 0.388 e. The van der Waals surface area contributed by atoms with Gasteiger partial charge in [-0.2, -0.15) is 13.2 Å². The Morgan fingerprint density at radius 2 is 1.83 bits per heavy atom. The number of nitrogens with one attached hydrogen (secondary N) is 1. The number of aliphatic hydroxyl groups excluding tert-OH is 1. The molecule has 0 unspecified atom stereocenters. The molecule has 1 aliphatic carbocycles. The first-order chi connectivity index (χ1) is 16.5. The first kappa shape index (κ1) is 25.5. The summed E-state index contributed by atoms with van der Waals surface area (Å²) >= 11 is 0. The van der Waals surface area contributed by atoms with Crippen molar-refractivity contribution in [2.45, 2.75) is 62.9 Å². The number of amides is 1. The van der Waals surface area contributed by atoms with Crippen LogP contribution in [0.25, 0.3) is 0 Å². The summed E-state index contributed by atoms with van der Waals surface area (Å²) in [5, 5.41) is 12.0. The van der Waals surface area contributed by atoms with Gasteiger partial charge in [0.05, 0.1) is 30.4 Å². The van der Waals surface area contributed by atoms with Crippen LogP contribution >= 0.6 is 0 Å². The minimum absolute atomic E-state index is 0.0145. The Labute approximate surface area is 198 Å². The third-order valence-electron chi connectivity index (χ3n) is 6.15. The van der Waals surface area contributed by atoms with Crippen LogP contribution in [0.15, 0.2) is 35.4 Å². The molecule has 2 heterocycles. The SMILES string of the molecule is COC[C@@H]1CC2=C(C(=O)c3ccccc3C2=O)[C@@H](O[C@H]2C[C@H](NC(=O)C(F)(F)F)[C@H](O)[C@H](C)O2)O1. The molecule has 0 bridgehead atoms. The standard InChI is InChI=1S/C23H24F3NO8/c1-10-18(28)15(27-22(31)23(24,25)26)8-16(33-10)35-21-17-14(7-11(34-21)9-32-2)19(29)12-5-3-4-6-13(12)20(17)30/h3-6,10-11,15-16,18,21,28H,7-9H2,1-2H3,(H,27,31)/t10-,11-,15-,16-,18+,21+/m0/s1. The first-order valence-electron chi connectivity index (χ1n) is 10.9. The molecule has 1 saturated heterocycles. The molecule has 3 aliphatic rings. The van der Waals surface area contributed by atoms with Gasteiger partial charge in [0.25, 0.3) is 0 Å². The normalized spacial score (nSPS) is 31.1. The maximum absolute atomic E-state index is 13.3. The van der Waals surface area contributed by atoms with Crippen molar-refractivity contribution in [3.8, 4) is 0 Å². The summed E-state index contributed by atoms with van der Waals surface area (Å²) in [4.78, 5) is 37.9. The van der Waals surface area contributed by atoms with Crippen molar-refractivity contribution in [3.63, 3.8) is 0 Å². The molecule has 0 aromatic heterocycles. The van der Waals surface area contributed by atoms with Gasteiger partial charge >= 0.3 is 12.1 Å². The second kappa shape index (κ2) is 9.78. The summed E-state index contributed by atoms with van der Waals surface area (Å²) in [6, 6.07) is 4.99. The van der Waals surface area contributed by atoms with E-state index in [2.05, 4.69) is 0 Å². The number of Topliss-reactive ketones (excluding diaryl/α,β-unsaturated/α-hetero) is 2. The molecule has 1 amide bonds. The van der Waals surface area contributed by atoms with Crippen molar-refractivity contribution >= 4 is 17.5 Å². The maximum Gasteiger partial charge on any atom is 0.471 e. The molecule has 4 rings (SSSR count). The van der Waals surface area contributed by atoms with Crippen LogP contribution in [-0.2, 0) is 23.7 Å². The number of rotatable bonds is 5. The first-order valence-corrected chi connectivity index (χ1v) is 10.9. The average Bonchev–Trinajstić information content (AvgIpc) is 2.80. The highest BCUT2D eigenvalue weighted by atomic mass is 19.4. The van der Waals surface area contributed by atoms with E-state index >= 15 is 0 Å². The van der Waals surface area contributed by atoms with E-state index in [1.165, 1.54) is 20.1 Å². The number of alkyl halides is 3. The number of aliphatic hydroxyl groups is 1. The largest absolute Gasteiger partial charge is 0.471 e. The number of halogens is 3. The third kappa shape index (κ3) is 5.02. The third-order valence-corrected chi connectivity index (χ3v) is 6.15. The minimum Gasteiger partial charge on any atom is -0.388 e. The lowest BCUT2D eigenvalue weighted by molar-refractivity contribution is -0.286. The van der Waals surface area contributed by atoms with Gasteiger partial charge in [-0.1, -0.05) is 24.3 Å². The van der Waals surface area contributed by atoms with Gasteiger partial charge in [0.15, 0.2) is 24.1 Å². The van der Waals surface area contributed by atoms with Crippen LogP contribution < -0.4 is 5.32 Å². The summed E-state index contributed by atoms with van der Waals surface area (Å²) in [5.74, 6) is -3.03. The molecule has 190 valence electrons. The van der Waals surface area contributed by atoms with Crippen molar-refractivity contribution in [1.82, 2.24) is 5.32 Å². The second-order valence-corrected chi connectivity index (χ2v) is 8.56. The zero-order chi connectivity index (χ0) is 25.5. The van der Waals surface area contributed by atoms with Gasteiger partial charge in [0, 0.05) is 36.7 Å². The average molecular weight is 499 g/mol. The number of hydrogen-bond acceptors (Lipinski definition) is 8. The lowest BCUT2D eigenvalue weighted by Gasteiger charge is -2.41. The fraction of sp³-hybridized carbons (Fsp3) is 0.522. The molecule has 1 fully saturated rings. The van der Waals surface area contributed by atoms with E-state index in [1.807, 2.05) is 0 Å². The summed E-state index contributed by atoms with van der Waals surface area (Å²) < 4.78 is 60.6. The summed E-state index contributed by atoms with van der Waals surface area (Å²) in [5.41, 5.74) is 0.632. The molecule has 9 nitrogen and oxygen atoms in total. The van der Waals surface area contributed by atoms with E-state index in [-0.39, 0.29) is 47.5 Å². The van der Waals surface area contributed by atoms with Crippen LogP contribution in [-0.4, -0.2) is 79.4 Å². The summed E-state index contributed by atoms with van der Waals surface area (Å²) in [6.45, 7) is 1.49. The number of ether oxygens (including phenoxy) is 4. The van der Waals surface area contributed by atoms with E-state index in [0.717, 1.165) is 0 Å². The maximum atomic E-state index is 13.3. The van der Waals surface area contributed by atoms with E-state index < -0.39 is 54.8 Å². The van der Waals surface area contributed by atoms with Crippen LogP contribution in [0, 0.1) is 0 Å². The Balaban J connectivity index is 1.60. The summed E-state index contributed by atoms with van der Waals surface area (Å²) in [7, 11) is 1.44. The number of carbonyl (C=O) groups excluding carboxylic acids is 3. The molecular formula is C23H24F3NO8. The topological polar surface area (TPSA) is 120 Å². The van der Waals surface area contributed by atoms with Gasteiger partial charge in [-0.25, -0.2) is 0 Å². The number of hydrogen-bond donors (Lipinski definition) is 2. The molecule has 0 saturated carbocycles. The van der Waals surface area contributed by atoms with E-state index in [9.17, 15) is 32.7 Å². The van der Waals surface area contributed by atoms with Crippen LogP contribution in [0.5, 0.6) is 0 Å². The van der Waals surface area contributed by atoms with Crippen LogP contribution in [0.2, 0.25) is 0 Å². The Morgan fingerprint density at radius 3 is 2.46 bits per heavy atom. The van der Waals surface area contributed by atoms with E-state index in [4.69, 9.17) is 18.9 Å². The number of methoxy groups -OCH3 is 1. The molecule has 6 atom stereocenters. The Bertz CT molecular complexity index is 1060. The van der Waals surface area contributed by atoms with E-state index in [0.29, 0.717) is 0 Å². The van der Waals surface area contributed by atoms with Crippen LogP contribution in [0.4, 0.5) is 13.2 Å². The Morgan fingerprint density at radius 1 is 1.17 bits per heavy atom. The molecule has 1 aromatic carbocycles. The monoisotopic (exact) mass is 499 g/mol. The molecule has 12 heteroatoms. The highest BCUT2D eigenvalue weighted by Gasteiger charge is 2.47. The van der Waals surface area contributed by atoms with Gasteiger partial charge in [0.2, 0.25) is 0 Å². The van der Waals surface area contributed by atoms with Crippen molar-refractivity contribution < 1.29 is 51.6 Å². The highest BCUT2D eigenvalue weighted by molar-refractivity contribution is 6.27. The number of fused-ring (bicyclic) bond motifs is 1. The summed E-state index contributed by atoms with van der Waals surface area (Å²) in [6.07, 6.45) is -11.1. The fourth-order valence-corrected chi connectivity index (χ4v) is 4.47. The molecule has 2 aliphatic heterocycles. The van der Waals surface area contributed by atoms with Crippen molar-refractivity contribution in [1.29, 1.82) is 0 Å². The molecule has 35 heavy (non-hydrogen) atoms. The van der Waals surface area contributed by atoms with Crippen LogP contribution in [0.3, 0.4) is 0 Å². The quantitative estimate of drug-likeness (QED) is 0.628. The Kier molecular flexibility index (Phi) is 7.11. The number of benzene rings is 1. The minimum atomic E-state index is -5.14. The zero-order valence-corrected chi connectivity index (χ0v) is 18.8. The van der Waals surface area contributed by atoms with Gasteiger partial charge < -0.3 is 29.4 Å². The van der Waals surface area contributed by atoms with Crippen LogP contribution in [0.1, 0.15) is 40.5 Å². The highest BCUT2D eigenvalue weighted by Crippen LogP contribution is 2.37. The zero-order valence-electron chi connectivity index (χ0n) is 18.8. The lowest BCUT2D eigenvalue weighted by atomic mass is 9.80. The van der Waals surface area contributed by atoms with Crippen molar-refractivity contribution in [2.24, 2.45) is 0 Å². The van der Waals surface area contributed by atoms with Gasteiger partial charge in [-0.05, 0) is 6.92 Å². The number of carbonyl (C=O) groups is 3. The lowest BCUT2D eigenvalue weighted by Crippen LogP contribution is -2.58. The van der Waals surface area contributed by atoms with Gasteiger partial charge in [-0.15, -0.1) is 0 Å². The van der Waals surface area contributed by atoms with Gasteiger partial charge in [0.1, 0.15) is 6.10 Å². The number of ketones is 2. The predicted octanol–water partition coefficient (Wildman–Crippen LogP) is 1.68. The van der Waals surface area contributed by atoms with Crippen molar-refractivity contribution in [2.75, 3.05) is 13.7 Å². The molecule has 1 aromatic rings. The predicted molar refractivity (Wildman–Crippen MR) is 111 cm³/mol. The fourth-order valence-electron chi connectivity index (χ4n) is 4.47. The second-order valence-electron chi connectivity index (χ2n) is 8.56. The molecular weight excluding hydrogens is 475 g/mol. The van der Waals surface area contributed by atoms with E-state index in [1.54, 1.807) is 23.5 Å². The molecule has 2 N–H and O–H groups in total. The Hall–Kier alpha value is -2.64. The van der Waals surface area contributed by atoms with Crippen molar-refractivity contribution in [3.05, 3.63) is 46.5 Å².